The smallest absolute Gasteiger partial charge is 0.152 e. The van der Waals surface area contributed by atoms with Crippen LogP contribution in [0.15, 0.2) is 0 Å². The Morgan fingerprint density at radius 3 is 2.56 bits per heavy atom. The topological polar surface area (TPSA) is 55.4 Å². The van der Waals surface area contributed by atoms with Gasteiger partial charge in [-0.25, -0.2) is 8.42 Å². The summed E-state index contributed by atoms with van der Waals surface area (Å²) in [5, 5.41) is 3.45. The summed E-state index contributed by atoms with van der Waals surface area (Å²) in [5.74, 6) is 0.517. The van der Waals surface area contributed by atoms with Gasteiger partial charge in [0.15, 0.2) is 9.84 Å². The molecule has 106 valence electrons. The molecule has 0 aromatic rings. The van der Waals surface area contributed by atoms with E-state index in [1.54, 1.807) is 0 Å². The lowest BCUT2D eigenvalue weighted by atomic mass is 10.2. The van der Waals surface area contributed by atoms with Gasteiger partial charge in [0.05, 0.1) is 17.6 Å². The van der Waals surface area contributed by atoms with Gasteiger partial charge in [-0.2, -0.15) is 0 Å². The van der Waals surface area contributed by atoms with E-state index in [0.717, 1.165) is 32.4 Å². The number of nitrogens with one attached hydrogen (secondary N) is 1. The van der Waals surface area contributed by atoms with Crippen LogP contribution in [0, 0.1) is 0 Å². The highest BCUT2D eigenvalue weighted by molar-refractivity contribution is 7.91. The molecule has 1 aliphatic carbocycles. The first-order chi connectivity index (χ1) is 8.66. The maximum absolute atomic E-state index is 11.9. The van der Waals surface area contributed by atoms with Crippen molar-refractivity contribution in [3.8, 4) is 0 Å². The molecule has 1 saturated carbocycles. The van der Waals surface area contributed by atoms with E-state index in [1.165, 1.54) is 25.7 Å². The standard InChI is InChI=1S/C13H25NO3S/c15-18(16,11-13-7-3-9-17-13)10-4-8-14-12-5-1-2-6-12/h12-14H,1-11H2. The molecule has 0 bridgehead atoms. The molecule has 1 saturated heterocycles. The molecule has 1 N–H and O–H groups in total. The average molecular weight is 275 g/mol. The SMILES string of the molecule is O=S(=O)(CCCNC1CCCC1)CC1CCCO1. The lowest BCUT2D eigenvalue weighted by Crippen LogP contribution is -2.29. The average Bonchev–Trinajstić information content (AvgIpc) is 2.96. The summed E-state index contributed by atoms with van der Waals surface area (Å²) in [7, 11) is -2.93. The van der Waals surface area contributed by atoms with Crippen LogP contribution in [0.5, 0.6) is 0 Å². The van der Waals surface area contributed by atoms with Gasteiger partial charge >= 0.3 is 0 Å². The van der Waals surface area contributed by atoms with Crippen molar-refractivity contribution in [2.24, 2.45) is 0 Å². The Kier molecular flexibility index (Phi) is 5.45. The van der Waals surface area contributed by atoms with Crippen molar-refractivity contribution in [2.45, 2.75) is 57.1 Å². The Labute approximate surface area is 110 Å². The largest absolute Gasteiger partial charge is 0.377 e. The van der Waals surface area contributed by atoms with Crippen LogP contribution >= 0.6 is 0 Å². The molecule has 0 aromatic carbocycles. The number of rotatable bonds is 7. The highest BCUT2D eigenvalue weighted by Crippen LogP contribution is 2.17. The molecule has 5 heteroatoms. The number of sulfone groups is 1. The van der Waals surface area contributed by atoms with Crippen LogP contribution < -0.4 is 5.32 Å². The normalized spacial score (nSPS) is 25.9. The zero-order chi connectivity index (χ0) is 12.8. The fraction of sp³-hybridized carbons (Fsp3) is 1.00. The van der Waals surface area contributed by atoms with Gasteiger partial charge in [-0.1, -0.05) is 12.8 Å². The Morgan fingerprint density at radius 1 is 1.11 bits per heavy atom. The Balaban J connectivity index is 1.59. The van der Waals surface area contributed by atoms with Gasteiger partial charge < -0.3 is 10.1 Å². The summed E-state index contributed by atoms with van der Waals surface area (Å²) in [6.45, 7) is 1.55. The first-order valence-corrected chi connectivity index (χ1v) is 9.03. The van der Waals surface area contributed by atoms with Crippen molar-refractivity contribution in [1.82, 2.24) is 5.32 Å². The van der Waals surface area contributed by atoms with Gasteiger partial charge in [-0.05, 0) is 38.6 Å². The van der Waals surface area contributed by atoms with Crippen LogP contribution in [-0.4, -0.2) is 45.2 Å². The van der Waals surface area contributed by atoms with Gasteiger partial charge in [0.1, 0.15) is 0 Å². The second kappa shape index (κ2) is 6.87. The minimum atomic E-state index is -2.93. The zero-order valence-corrected chi connectivity index (χ0v) is 11.9. The molecule has 2 aliphatic rings. The van der Waals surface area contributed by atoms with E-state index in [9.17, 15) is 8.42 Å². The third-order valence-corrected chi connectivity index (χ3v) is 5.67. The molecule has 4 nitrogen and oxygen atoms in total. The molecule has 1 unspecified atom stereocenters. The van der Waals surface area contributed by atoms with Gasteiger partial charge in [0.25, 0.3) is 0 Å². The first-order valence-electron chi connectivity index (χ1n) is 7.21. The molecule has 1 heterocycles. The Morgan fingerprint density at radius 2 is 1.89 bits per heavy atom. The predicted octanol–water partition coefficient (Wildman–Crippen LogP) is 1.50. The summed E-state index contributed by atoms with van der Waals surface area (Å²) in [5.41, 5.74) is 0. The van der Waals surface area contributed by atoms with Crippen LogP contribution in [-0.2, 0) is 14.6 Å². The molecule has 0 aromatic heterocycles. The van der Waals surface area contributed by atoms with Crippen LogP contribution in [0.1, 0.15) is 44.9 Å². The minimum absolute atomic E-state index is 0.0437. The van der Waals surface area contributed by atoms with Crippen molar-refractivity contribution < 1.29 is 13.2 Å². The van der Waals surface area contributed by atoms with Gasteiger partial charge in [0.2, 0.25) is 0 Å². The summed E-state index contributed by atoms with van der Waals surface area (Å²) >= 11 is 0. The third kappa shape index (κ3) is 4.86. The molecule has 1 aliphatic heterocycles. The zero-order valence-electron chi connectivity index (χ0n) is 11.1. The first kappa shape index (κ1) is 14.3. The highest BCUT2D eigenvalue weighted by Gasteiger charge is 2.23. The lowest BCUT2D eigenvalue weighted by molar-refractivity contribution is 0.127. The fourth-order valence-corrected chi connectivity index (χ4v) is 4.45. The predicted molar refractivity (Wildman–Crippen MR) is 72.5 cm³/mol. The van der Waals surface area contributed by atoms with Crippen LogP contribution in [0.4, 0.5) is 0 Å². The Hall–Kier alpha value is -0.130. The van der Waals surface area contributed by atoms with Gasteiger partial charge in [-0.15, -0.1) is 0 Å². The molecule has 0 radical (unpaired) electrons. The molecule has 18 heavy (non-hydrogen) atoms. The van der Waals surface area contributed by atoms with Crippen molar-refractivity contribution >= 4 is 9.84 Å². The second-order valence-electron chi connectivity index (χ2n) is 5.54. The molecular weight excluding hydrogens is 250 g/mol. The quantitative estimate of drug-likeness (QED) is 0.716. The molecular formula is C13H25NO3S. The van der Waals surface area contributed by atoms with E-state index in [2.05, 4.69) is 5.32 Å². The summed E-state index contributed by atoms with van der Waals surface area (Å²) in [6, 6.07) is 0.630. The van der Waals surface area contributed by atoms with Crippen LogP contribution in [0.25, 0.3) is 0 Å². The van der Waals surface area contributed by atoms with Crippen molar-refractivity contribution in [1.29, 1.82) is 0 Å². The molecule has 2 rings (SSSR count). The van der Waals surface area contributed by atoms with Crippen LogP contribution in [0.3, 0.4) is 0 Å². The second-order valence-corrected chi connectivity index (χ2v) is 7.77. The minimum Gasteiger partial charge on any atom is -0.377 e. The van der Waals surface area contributed by atoms with E-state index >= 15 is 0 Å². The maximum atomic E-state index is 11.9. The van der Waals surface area contributed by atoms with Gasteiger partial charge in [0, 0.05) is 12.6 Å². The third-order valence-electron chi connectivity index (χ3n) is 3.88. The molecule has 2 fully saturated rings. The number of hydrogen-bond acceptors (Lipinski definition) is 4. The molecule has 1 atom stereocenters. The van der Waals surface area contributed by atoms with E-state index in [4.69, 9.17) is 4.74 Å². The van der Waals surface area contributed by atoms with E-state index in [1.807, 2.05) is 0 Å². The number of ether oxygens (including phenoxy) is 1. The van der Waals surface area contributed by atoms with E-state index in [-0.39, 0.29) is 11.9 Å². The highest BCUT2D eigenvalue weighted by atomic mass is 32.2. The summed E-state index contributed by atoms with van der Waals surface area (Å²) in [4.78, 5) is 0. The molecule has 0 spiro atoms. The summed E-state index contributed by atoms with van der Waals surface area (Å²) < 4.78 is 29.1. The van der Waals surface area contributed by atoms with Crippen LogP contribution in [0.2, 0.25) is 0 Å². The summed E-state index contributed by atoms with van der Waals surface area (Å²) in [6.07, 6.45) is 7.72. The number of hydrogen-bond donors (Lipinski definition) is 1. The van der Waals surface area contributed by atoms with E-state index < -0.39 is 9.84 Å². The fourth-order valence-electron chi connectivity index (χ4n) is 2.87. The van der Waals surface area contributed by atoms with Crippen molar-refractivity contribution in [2.75, 3.05) is 24.7 Å². The lowest BCUT2D eigenvalue weighted by Gasteiger charge is -2.13. The van der Waals surface area contributed by atoms with E-state index in [0.29, 0.717) is 11.8 Å². The maximum Gasteiger partial charge on any atom is 0.152 e. The van der Waals surface area contributed by atoms with Crippen molar-refractivity contribution in [3.05, 3.63) is 0 Å². The molecule has 0 amide bonds. The van der Waals surface area contributed by atoms with Gasteiger partial charge in [-0.3, -0.25) is 0 Å². The monoisotopic (exact) mass is 275 g/mol. The Bertz CT molecular complexity index is 330. The van der Waals surface area contributed by atoms with Crippen molar-refractivity contribution in [3.63, 3.8) is 0 Å².